The first kappa shape index (κ1) is 18.6. The second-order valence-corrected chi connectivity index (χ2v) is 6.49. The fourth-order valence-electron chi connectivity index (χ4n) is 2.37. The zero-order valence-corrected chi connectivity index (χ0v) is 14.1. The lowest BCUT2D eigenvalue weighted by Crippen LogP contribution is -2.21. The molecule has 1 aromatic carbocycles. The SMILES string of the molecule is O=C(C[C@H](CF)[C@H](O)c1ccc(-c2cc[nH]c(=O)c2)cc1)C(Cl)Cl. The number of nitrogens with one attached hydrogen (secondary N) is 1. The van der Waals surface area contributed by atoms with Crippen LogP contribution in [0.4, 0.5) is 4.39 Å². The molecular weight excluding hydrogens is 356 g/mol. The van der Waals surface area contributed by atoms with Gasteiger partial charge in [-0.2, -0.15) is 0 Å². The van der Waals surface area contributed by atoms with Crippen LogP contribution in [0.1, 0.15) is 18.1 Å². The van der Waals surface area contributed by atoms with Crippen molar-refractivity contribution in [2.75, 3.05) is 6.67 Å². The van der Waals surface area contributed by atoms with Crippen LogP contribution in [0, 0.1) is 5.92 Å². The molecule has 4 nitrogen and oxygen atoms in total. The molecule has 2 rings (SSSR count). The van der Waals surface area contributed by atoms with Gasteiger partial charge in [0.2, 0.25) is 5.56 Å². The van der Waals surface area contributed by atoms with E-state index in [0.29, 0.717) is 5.56 Å². The number of alkyl halides is 3. The number of hydrogen-bond acceptors (Lipinski definition) is 3. The molecule has 0 aliphatic rings. The number of aliphatic hydroxyl groups excluding tert-OH is 1. The summed E-state index contributed by atoms with van der Waals surface area (Å²) in [7, 11) is 0. The van der Waals surface area contributed by atoms with Gasteiger partial charge >= 0.3 is 0 Å². The standard InChI is InChI=1S/C17H16Cl2FNO3/c18-17(19)14(22)7-13(9-20)16(24)11-3-1-10(2-4-11)12-5-6-21-15(23)8-12/h1-6,8,13,16-17,24H,7,9H2,(H,21,23)/t13-,16-/m1/s1. The van der Waals surface area contributed by atoms with E-state index in [1.165, 1.54) is 6.07 Å². The number of aromatic nitrogens is 1. The minimum absolute atomic E-state index is 0.218. The zero-order valence-electron chi connectivity index (χ0n) is 12.6. The maximum atomic E-state index is 13.2. The molecule has 128 valence electrons. The maximum Gasteiger partial charge on any atom is 0.248 e. The van der Waals surface area contributed by atoms with Gasteiger partial charge in [0.25, 0.3) is 0 Å². The molecule has 2 N–H and O–H groups in total. The minimum Gasteiger partial charge on any atom is -0.388 e. The number of carbonyl (C=O) groups is 1. The fourth-order valence-corrected chi connectivity index (χ4v) is 2.55. The van der Waals surface area contributed by atoms with Crippen molar-refractivity contribution in [2.24, 2.45) is 5.92 Å². The maximum absolute atomic E-state index is 13.2. The Bertz CT molecular complexity index is 746. The average molecular weight is 372 g/mol. The lowest BCUT2D eigenvalue weighted by Gasteiger charge is -2.20. The van der Waals surface area contributed by atoms with Crippen molar-refractivity contribution < 1.29 is 14.3 Å². The van der Waals surface area contributed by atoms with Crippen LogP contribution in [0.15, 0.2) is 47.4 Å². The van der Waals surface area contributed by atoms with Gasteiger partial charge in [-0.25, -0.2) is 0 Å². The summed E-state index contributed by atoms with van der Waals surface area (Å²) >= 11 is 10.9. The molecule has 0 spiro atoms. The molecule has 0 saturated heterocycles. The molecule has 24 heavy (non-hydrogen) atoms. The van der Waals surface area contributed by atoms with Crippen LogP contribution in [-0.4, -0.2) is 27.4 Å². The average Bonchev–Trinajstić information content (AvgIpc) is 2.59. The van der Waals surface area contributed by atoms with E-state index >= 15 is 0 Å². The monoisotopic (exact) mass is 371 g/mol. The molecule has 0 amide bonds. The number of carbonyl (C=O) groups excluding carboxylic acids is 1. The molecule has 0 saturated carbocycles. The summed E-state index contributed by atoms with van der Waals surface area (Å²) in [5.74, 6) is -1.44. The van der Waals surface area contributed by atoms with E-state index < -0.39 is 29.3 Å². The highest BCUT2D eigenvalue weighted by Crippen LogP contribution is 2.28. The molecule has 1 aromatic heterocycles. The normalized spacial score (nSPS) is 13.7. The van der Waals surface area contributed by atoms with Gasteiger partial charge in [0, 0.05) is 24.6 Å². The topological polar surface area (TPSA) is 70.2 Å². The first-order valence-electron chi connectivity index (χ1n) is 7.26. The van der Waals surface area contributed by atoms with Crippen LogP contribution in [-0.2, 0) is 4.79 Å². The summed E-state index contributed by atoms with van der Waals surface area (Å²) < 4.78 is 13.2. The summed E-state index contributed by atoms with van der Waals surface area (Å²) in [6, 6.07) is 9.90. The third-order valence-corrected chi connectivity index (χ3v) is 4.20. The Hall–Kier alpha value is -1.69. The third-order valence-electron chi connectivity index (χ3n) is 3.71. The van der Waals surface area contributed by atoms with Crippen molar-refractivity contribution in [3.63, 3.8) is 0 Å². The number of halogens is 3. The van der Waals surface area contributed by atoms with Gasteiger partial charge in [-0.3, -0.25) is 14.0 Å². The Morgan fingerprint density at radius 2 is 1.83 bits per heavy atom. The smallest absolute Gasteiger partial charge is 0.248 e. The van der Waals surface area contributed by atoms with Crippen LogP contribution in [0.25, 0.3) is 11.1 Å². The van der Waals surface area contributed by atoms with Crippen molar-refractivity contribution in [3.8, 4) is 11.1 Å². The van der Waals surface area contributed by atoms with Crippen molar-refractivity contribution in [1.29, 1.82) is 0 Å². The number of rotatable bonds is 7. The minimum atomic E-state index is -1.23. The Labute approximate surface area is 148 Å². The molecule has 0 bridgehead atoms. The molecule has 7 heteroatoms. The van der Waals surface area contributed by atoms with Gasteiger partial charge in [0.1, 0.15) is 0 Å². The zero-order chi connectivity index (χ0) is 17.7. The number of aromatic amines is 1. The van der Waals surface area contributed by atoms with Crippen molar-refractivity contribution in [3.05, 3.63) is 58.5 Å². The van der Waals surface area contributed by atoms with Gasteiger partial charge in [-0.05, 0) is 22.8 Å². The van der Waals surface area contributed by atoms with Crippen molar-refractivity contribution >= 4 is 29.0 Å². The van der Waals surface area contributed by atoms with Crippen molar-refractivity contribution in [1.82, 2.24) is 4.98 Å². The number of hydrogen-bond donors (Lipinski definition) is 2. The fraction of sp³-hybridized carbons (Fsp3) is 0.294. The lowest BCUT2D eigenvalue weighted by atomic mass is 9.91. The number of aliphatic hydroxyl groups is 1. The Morgan fingerprint density at radius 1 is 1.17 bits per heavy atom. The molecule has 0 aliphatic carbocycles. The summed E-state index contributed by atoms with van der Waals surface area (Å²) in [5, 5.41) is 10.3. The number of H-pyrrole nitrogens is 1. The number of ketones is 1. The second-order valence-electron chi connectivity index (χ2n) is 5.39. The van der Waals surface area contributed by atoms with E-state index in [-0.39, 0.29) is 12.0 Å². The van der Waals surface area contributed by atoms with E-state index in [1.807, 2.05) is 0 Å². The van der Waals surface area contributed by atoms with Gasteiger partial charge in [0.15, 0.2) is 10.6 Å². The quantitative estimate of drug-likeness (QED) is 0.732. The molecule has 0 unspecified atom stereocenters. The first-order valence-corrected chi connectivity index (χ1v) is 8.13. The Balaban J connectivity index is 2.16. The molecule has 0 aliphatic heterocycles. The lowest BCUT2D eigenvalue weighted by molar-refractivity contribution is -0.119. The van der Waals surface area contributed by atoms with Crippen LogP contribution in [0.2, 0.25) is 0 Å². The molecule has 1 heterocycles. The van der Waals surface area contributed by atoms with Gasteiger partial charge in [0.05, 0.1) is 12.8 Å². The number of pyridine rings is 1. The van der Waals surface area contributed by atoms with Crippen molar-refractivity contribution in [2.45, 2.75) is 17.4 Å². The van der Waals surface area contributed by atoms with Crippen LogP contribution >= 0.6 is 23.2 Å². The molecule has 0 radical (unpaired) electrons. The third kappa shape index (κ3) is 4.66. The van der Waals surface area contributed by atoms with E-state index in [9.17, 15) is 19.1 Å². The van der Waals surface area contributed by atoms with E-state index in [1.54, 1.807) is 36.5 Å². The van der Waals surface area contributed by atoms with Gasteiger partial charge in [-0.15, -0.1) is 0 Å². The predicted molar refractivity (Wildman–Crippen MR) is 92.0 cm³/mol. The van der Waals surface area contributed by atoms with E-state index in [4.69, 9.17) is 23.2 Å². The van der Waals surface area contributed by atoms with E-state index in [0.717, 1.165) is 11.1 Å². The number of benzene rings is 1. The second kappa shape index (κ2) is 8.42. The van der Waals surface area contributed by atoms with Gasteiger partial charge < -0.3 is 10.1 Å². The summed E-state index contributed by atoms with van der Waals surface area (Å²) in [6.45, 7) is -0.872. The summed E-state index contributed by atoms with van der Waals surface area (Å²) in [4.78, 5) is 24.2. The summed E-state index contributed by atoms with van der Waals surface area (Å²) in [6.07, 6.45) is 0.143. The molecule has 2 aromatic rings. The highest BCUT2D eigenvalue weighted by molar-refractivity contribution is 6.53. The molecule has 0 fully saturated rings. The van der Waals surface area contributed by atoms with Crippen LogP contribution in [0.5, 0.6) is 0 Å². The Morgan fingerprint density at radius 3 is 2.38 bits per heavy atom. The molecular formula is C17H16Cl2FNO3. The van der Waals surface area contributed by atoms with Gasteiger partial charge in [-0.1, -0.05) is 47.5 Å². The Kier molecular flexibility index (Phi) is 6.54. The number of Topliss-reactive ketones (excluding diaryl/α,β-unsaturated/α-hetero) is 1. The first-order chi connectivity index (χ1) is 11.4. The molecule has 2 atom stereocenters. The highest BCUT2D eigenvalue weighted by atomic mass is 35.5. The van der Waals surface area contributed by atoms with Crippen LogP contribution < -0.4 is 5.56 Å². The largest absolute Gasteiger partial charge is 0.388 e. The predicted octanol–water partition coefficient (Wildman–Crippen LogP) is 3.42. The summed E-state index contributed by atoms with van der Waals surface area (Å²) in [5.41, 5.74) is 1.76. The van der Waals surface area contributed by atoms with Crippen LogP contribution in [0.3, 0.4) is 0 Å². The highest BCUT2D eigenvalue weighted by Gasteiger charge is 2.26. The van der Waals surface area contributed by atoms with E-state index in [2.05, 4.69) is 4.98 Å².